The minimum absolute atomic E-state index is 0.0208. The predicted octanol–water partition coefficient (Wildman–Crippen LogP) is 2.56. The molecule has 164 valence electrons. The second kappa shape index (κ2) is 9.06. The van der Waals surface area contributed by atoms with Crippen LogP contribution in [0, 0.1) is 17.8 Å². The van der Waals surface area contributed by atoms with E-state index < -0.39 is 0 Å². The highest BCUT2D eigenvalue weighted by Gasteiger charge is 2.55. The molecule has 2 N–H and O–H groups in total. The molecular weight excluding hydrogens is 378 g/mol. The van der Waals surface area contributed by atoms with Crippen LogP contribution < -0.4 is 10.9 Å². The maximum Gasteiger partial charge on any atom is 0.258 e. The third kappa shape index (κ3) is 3.65. The van der Waals surface area contributed by atoms with Crippen molar-refractivity contribution in [2.45, 2.75) is 64.6 Å². The Morgan fingerprint density at radius 3 is 2.73 bits per heavy atom. The molecule has 1 aromatic rings. The van der Waals surface area contributed by atoms with Crippen LogP contribution in [-0.4, -0.2) is 46.2 Å². The third-order valence-corrected chi connectivity index (χ3v) is 7.33. The van der Waals surface area contributed by atoms with E-state index in [1.54, 1.807) is 0 Å². The Morgan fingerprint density at radius 2 is 2.07 bits per heavy atom. The number of rotatable bonds is 7. The van der Waals surface area contributed by atoms with E-state index in [9.17, 15) is 14.7 Å². The standard InChI is InChI=1S/C24H35N3O3/c1-3-7-17-10-11-20-21-18(14-26(20)24(17)30)19(15-28)22(23(29)25-12-4-2)27(21)13-16-8-5-6-9-16/h3,7,10-11,16,18-19,21-22,28H,4-6,8-9,12-15H2,1-2H3,(H,25,29)/b7-3-/t18-,19-,21+,22-/m0/s1. The summed E-state index contributed by atoms with van der Waals surface area (Å²) in [6.45, 7) is 6.03. The van der Waals surface area contributed by atoms with Crippen LogP contribution in [0.3, 0.4) is 0 Å². The molecule has 3 heterocycles. The van der Waals surface area contributed by atoms with Crippen LogP contribution in [0.25, 0.3) is 6.08 Å². The molecule has 0 bridgehead atoms. The SMILES string of the molecule is C/C=C\c1ccc2n(c1=O)C[C@H]1[C@H](CO)[C@@H](C(=O)NCCC)N(CC3CCCC3)[C@@H]21. The number of hydrogen-bond donors (Lipinski definition) is 2. The molecule has 0 spiro atoms. The molecule has 1 amide bonds. The summed E-state index contributed by atoms with van der Waals surface area (Å²) in [5.41, 5.74) is 1.73. The zero-order valence-electron chi connectivity index (χ0n) is 18.2. The molecule has 6 nitrogen and oxygen atoms in total. The maximum atomic E-state index is 13.2. The van der Waals surface area contributed by atoms with Gasteiger partial charge in [0.15, 0.2) is 0 Å². The smallest absolute Gasteiger partial charge is 0.258 e. The number of aliphatic hydroxyl groups excluding tert-OH is 1. The molecule has 6 heteroatoms. The van der Waals surface area contributed by atoms with Gasteiger partial charge in [-0.25, -0.2) is 0 Å². The fourth-order valence-corrected chi connectivity index (χ4v) is 5.98. The molecule has 0 unspecified atom stereocenters. The largest absolute Gasteiger partial charge is 0.396 e. The second-order valence-corrected chi connectivity index (χ2v) is 9.17. The van der Waals surface area contributed by atoms with E-state index in [1.807, 2.05) is 29.7 Å². The molecule has 30 heavy (non-hydrogen) atoms. The average Bonchev–Trinajstić information content (AvgIpc) is 3.44. The van der Waals surface area contributed by atoms with Crippen molar-refractivity contribution in [3.63, 3.8) is 0 Å². The van der Waals surface area contributed by atoms with Crippen molar-refractivity contribution in [3.05, 3.63) is 39.8 Å². The van der Waals surface area contributed by atoms with E-state index in [0.29, 0.717) is 24.6 Å². The van der Waals surface area contributed by atoms with Crippen molar-refractivity contribution < 1.29 is 9.90 Å². The van der Waals surface area contributed by atoms with Gasteiger partial charge in [-0.05, 0) is 44.2 Å². The molecule has 1 saturated heterocycles. The average molecular weight is 414 g/mol. The highest BCUT2D eigenvalue weighted by Crippen LogP contribution is 2.50. The van der Waals surface area contributed by atoms with E-state index in [1.165, 1.54) is 25.7 Å². The lowest BCUT2D eigenvalue weighted by Gasteiger charge is -2.32. The summed E-state index contributed by atoms with van der Waals surface area (Å²) in [5.74, 6) is 0.551. The molecule has 1 aliphatic carbocycles. The Bertz CT molecular complexity index is 856. The molecule has 1 saturated carbocycles. The number of carbonyl (C=O) groups is 1. The van der Waals surface area contributed by atoms with Crippen LogP contribution in [0.1, 0.15) is 63.3 Å². The number of fused-ring (bicyclic) bond motifs is 3. The first kappa shape index (κ1) is 21.3. The number of amides is 1. The molecule has 0 radical (unpaired) electrons. The number of allylic oxidation sites excluding steroid dienone is 1. The number of nitrogens with one attached hydrogen (secondary N) is 1. The number of carbonyl (C=O) groups excluding carboxylic acids is 1. The van der Waals surface area contributed by atoms with Gasteiger partial charge in [-0.15, -0.1) is 0 Å². The summed E-state index contributed by atoms with van der Waals surface area (Å²) in [7, 11) is 0. The molecule has 4 rings (SSSR count). The van der Waals surface area contributed by atoms with Crippen molar-refractivity contribution in [1.29, 1.82) is 0 Å². The van der Waals surface area contributed by atoms with Crippen LogP contribution in [0.4, 0.5) is 0 Å². The number of aromatic nitrogens is 1. The lowest BCUT2D eigenvalue weighted by molar-refractivity contribution is -0.128. The highest BCUT2D eigenvalue weighted by molar-refractivity contribution is 5.82. The number of nitrogens with zero attached hydrogens (tertiary/aromatic N) is 2. The molecule has 2 aliphatic heterocycles. The van der Waals surface area contributed by atoms with E-state index >= 15 is 0 Å². The predicted molar refractivity (Wildman–Crippen MR) is 118 cm³/mol. The van der Waals surface area contributed by atoms with Crippen molar-refractivity contribution in [1.82, 2.24) is 14.8 Å². The number of aliphatic hydroxyl groups is 1. The van der Waals surface area contributed by atoms with Gasteiger partial charge >= 0.3 is 0 Å². The van der Waals surface area contributed by atoms with Crippen molar-refractivity contribution in [3.8, 4) is 0 Å². The Labute approximate surface area is 179 Å². The molecular formula is C24H35N3O3. The first-order chi connectivity index (χ1) is 14.6. The first-order valence-corrected chi connectivity index (χ1v) is 11.6. The van der Waals surface area contributed by atoms with Gasteiger partial charge in [0.25, 0.3) is 5.56 Å². The fraction of sp³-hybridized carbons (Fsp3) is 0.667. The van der Waals surface area contributed by atoms with Crippen LogP contribution >= 0.6 is 0 Å². The number of hydrogen-bond acceptors (Lipinski definition) is 4. The minimum Gasteiger partial charge on any atom is -0.396 e. The Morgan fingerprint density at radius 1 is 1.30 bits per heavy atom. The summed E-state index contributed by atoms with van der Waals surface area (Å²) < 4.78 is 1.88. The summed E-state index contributed by atoms with van der Waals surface area (Å²) in [4.78, 5) is 28.5. The van der Waals surface area contributed by atoms with Gasteiger partial charge < -0.3 is 15.0 Å². The summed E-state index contributed by atoms with van der Waals surface area (Å²) >= 11 is 0. The van der Waals surface area contributed by atoms with E-state index in [4.69, 9.17) is 0 Å². The summed E-state index contributed by atoms with van der Waals surface area (Å²) in [5, 5.41) is 13.4. The van der Waals surface area contributed by atoms with E-state index in [-0.39, 0.29) is 42.0 Å². The van der Waals surface area contributed by atoms with Crippen molar-refractivity contribution >= 4 is 12.0 Å². The topological polar surface area (TPSA) is 74.6 Å². The number of likely N-dealkylation sites (tertiary alicyclic amines) is 1. The quantitative estimate of drug-likeness (QED) is 0.721. The first-order valence-electron chi connectivity index (χ1n) is 11.6. The monoisotopic (exact) mass is 413 g/mol. The lowest BCUT2D eigenvalue weighted by Crippen LogP contribution is -2.49. The van der Waals surface area contributed by atoms with Gasteiger partial charge in [0, 0.05) is 49.3 Å². The van der Waals surface area contributed by atoms with Gasteiger partial charge in [-0.2, -0.15) is 0 Å². The zero-order chi connectivity index (χ0) is 21.3. The van der Waals surface area contributed by atoms with Gasteiger partial charge in [0.05, 0.1) is 12.1 Å². The summed E-state index contributed by atoms with van der Waals surface area (Å²) in [6, 6.07) is 3.66. The Balaban J connectivity index is 1.72. The highest BCUT2D eigenvalue weighted by atomic mass is 16.3. The number of pyridine rings is 1. The second-order valence-electron chi connectivity index (χ2n) is 9.17. The zero-order valence-corrected chi connectivity index (χ0v) is 18.2. The van der Waals surface area contributed by atoms with Gasteiger partial charge in [0.1, 0.15) is 0 Å². The molecule has 1 aromatic heterocycles. The van der Waals surface area contributed by atoms with Gasteiger partial charge in [0.2, 0.25) is 5.91 Å². The lowest BCUT2D eigenvalue weighted by atomic mass is 9.88. The van der Waals surface area contributed by atoms with Crippen LogP contribution in [0.15, 0.2) is 23.0 Å². The maximum absolute atomic E-state index is 13.2. The van der Waals surface area contributed by atoms with E-state index in [2.05, 4.69) is 23.2 Å². The molecule has 2 fully saturated rings. The summed E-state index contributed by atoms with van der Waals surface area (Å²) in [6.07, 6.45) is 9.55. The molecule has 0 aromatic carbocycles. The third-order valence-electron chi connectivity index (χ3n) is 7.33. The van der Waals surface area contributed by atoms with Crippen molar-refractivity contribution in [2.24, 2.45) is 17.8 Å². The molecule has 4 atom stereocenters. The Kier molecular flexibility index (Phi) is 6.44. The fourth-order valence-electron chi connectivity index (χ4n) is 5.98. The van der Waals surface area contributed by atoms with Gasteiger partial charge in [-0.1, -0.05) is 31.9 Å². The normalized spacial score (nSPS) is 28.9. The van der Waals surface area contributed by atoms with E-state index in [0.717, 1.165) is 18.7 Å². The van der Waals surface area contributed by atoms with Crippen LogP contribution in [0.5, 0.6) is 0 Å². The minimum atomic E-state index is -0.323. The van der Waals surface area contributed by atoms with Gasteiger partial charge in [-0.3, -0.25) is 14.5 Å². The van der Waals surface area contributed by atoms with Crippen molar-refractivity contribution in [2.75, 3.05) is 19.7 Å². The molecule has 3 aliphatic rings. The van der Waals surface area contributed by atoms with Crippen LogP contribution in [-0.2, 0) is 11.3 Å². The van der Waals surface area contributed by atoms with Crippen LogP contribution in [0.2, 0.25) is 0 Å². The Hall–Kier alpha value is -1.92.